The van der Waals surface area contributed by atoms with E-state index in [0.29, 0.717) is 12.3 Å². The van der Waals surface area contributed by atoms with Gasteiger partial charge in [-0.15, -0.1) is 11.3 Å². The Hall–Kier alpha value is -1.47. The van der Waals surface area contributed by atoms with E-state index in [1.807, 2.05) is 5.38 Å². The highest BCUT2D eigenvalue weighted by Crippen LogP contribution is 2.29. The zero-order valence-electron chi connectivity index (χ0n) is 11.3. The molecule has 1 aromatic heterocycles. The Morgan fingerprint density at radius 2 is 2.30 bits per heavy atom. The summed E-state index contributed by atoms with van der Waals surface area (Å²) in [5.41, 5.74) is 1.56. The highest BCUT2D eigenvalue weighted by molar-refractivity contribution is 7.09. The van der Waals surface area contributed by atoms with Crippen LogP contribution < -0.4 is 5.32 Å². The minimum atomic E-state index is -0.626. The van der Waals surface area contributed by atoms with Crippen molar-refractivity contribution >= 4 is 23.0 Å². The number of aromatic nitrogens is 1. The summed E-state index contributed by atoms with van der Waals surface area (Å²) in [4.78, 5) is 21.2. The van der Waals surface area contributed by atoms with Gasteiger partial charge < -0.3 is 14.9 Å². The van der Waals surface area contributed by atoms with Crippen molar-refractivity contribution in [2.24, 2.45) is 5.16 Å². The van der Waals surface area contributed by atoms with E-state index in [4.69, 9.17) is 4.84 Å². The Kier molecular flexibility index (Phi) is 3.98. The molecule has 2 aliphatic heterocycles. The first-order chi connectivity index (χ1) is 9.78. The Bertz CT molecular complexity index is 523. The monoisotopic (exact) mass is 295 g/mol. The van der Waals surface area contributed by atoms with E-state index in [-0.39, 0.29) is 0 Å². The van der Waals surface area contributed by atoms with Gasteiger partial charge in [-0.1, -0.05) is 5.16 Å². The van der Waals surface area contributed by atoms with Crippen molar-refractivity contribution in [2.45, 2.75) is 31.3 Å². The molecule has 3 rings (SSSR count). The Labute approximate surface area is 121 Å². The van der Waals surface area contributed by atoms with Crippen LogP contribution in [0, 0.1) is 0 Å². The molecular formula is C13H17N3O3S. The molecule has 6 nitrogen and oxygen atoms in total. The van der Waals surface area contributed by atoms with Crippen molar-refractivity contribution in [3.8, 4) is 0 Å². The molecule has 108 valence electrons. The maximum Gasteiger partial charge on any atom is 0.350 e. The number of carbonyl (C=O) groups excluding carboxylic acids is 1. The van der Waals surface area contributed by atoms with Gasteiger partial charge in [0.15, 0.2) is 0 Å². The molecule has 1 fully saturated rings. The molecule has 0 bridgehead atoms. The van der Waals surface area contributed by atoms with Crippen molar-refractivity contribution in [3.05, 3.63) is 16.1 Å². The summed E-state index contributed by atoms with van der Waals surface area (Å²) >= 11 is 1.67. The van der Waals surface area contributed by atoms with Crippen molar-refractivity contribution in [1.82, 2.24) is 10.3 Å². The van der Waals surface area contributed by atoms with Gasteiger partial charge in [0.05, 0.1) is 17.8 Å². The maximum atomic E-state index is 11.4. The van der Waals surface area contributed by atoms with Crippen molar-refractivity contribution in [1.29, 1.82) is 0 Å². The van der Waals surface area contributed by atoms with Crippen LogP contribution in [0.25, 0.3) is 0 Å². The van der Waals surface area contributed by atoms with Gasteiger partial charge in [0, 0.05) is 17.7 Å². The number of esters is 1. The van der Waals surface area contributed by atoms with E-state index in [9.17, 15) is 4.79 Å². The summed E-state index contributed by atoms with van der Waals surface area (Å²) in [5, 5.41) is 10.5. The summed E-state index contributed by atoms with van der Waals surface area (Å²) in [7, 11) is 1.35. The zero-order valence-corrected chi connectivity index (χ0v) is 12.1. The van der Waals surface area contributed by atoms with Crippen LogP contribution in [-0.4, -0.2) is 43.0 Å². The summed E-state index contributed by atoms with van der Waals surface area (Å²) in [5.74, 6) is 0.145. The fourth-order valence-corrected chi connectivity index (χ4v) is 3.46. The van der Waals surface area contributed by atoms with Crippen molar-refractivity contribution in [2.75, 3.05) is 20.2 Å². The van der Waals surface area contributed by atoms with E-state index in [0.717, 1.165) is 42.3 Å². The molecule has 7 heteroatoms. The minimum Gasteiger partial charge on any atom is -0.466 e. The number of thiazole rings is 1. The predicted octanol–water partition coefficient (Wildman–Crippen LogP) is 1.28. The van der Waals surface area contributed by atoms with Gasteiger partial charge in [0.2, 0.25) is 6.10 Å². The maximum absolute atomic E-state index is 11.4. The van der Waals surface area contributed by atoms with Gasteiger partial charge in [-0.3, -0.25) is 0 Å². The molecule has 20 heavy (non-hydrogen) atoms. The molecule has 1 unspecified atom stereocenters. The number of ether oxygens (including phenoxy) is 1. The molecule has 0 amide bonds. The number of hydrogen-bond acceptors (Lipinski definition) is 7. The number of hydrogen-bond donors (Lipinski definition) is 1. The molecule has 1 N–H and O–H groups in total. The van der Waals surface area contributed by atoms with E-state index in [1.54, 1.807) is 11.3 Å². The van der Waals surface area contributed by atoms with Gasteiger partial charge in [-0.2, -0.15) is 0 Å². The first-order valence-corrected chi connectivity index (χ1v) is 7.63. The fraction of sp³-hybridized carbons (Fsp3) is 0.615. The quantitative estimate of drug-likeness (QED) is 0.850. The van der Waals surface area contributed by atoms with Crippen LogP contribution in [0.3, 0.4) is 0 Å². The highest BCUT2D eigenvalue weighted by Gasteiger charge is 2.31. The number of piperidine rings is 1. The second-order valence-electron chi connectivity index (χ2n) is 4.95. The molecule has 1 atom stereocenters. The van der Waals surface area contributed by atoms with Gasteiger partial charge >= 0.3 is 5.97 Å². The van der Waals surface area contributed by atoms with Crippen LogP contribution in [-0.2, 0) is 14.4 Å². The Morgan fingerprint density at radius 3 is 3.05 bits per heavy atom. The normalized spacial score (nSPS) is 23.2. The van der Waals surface area contributed by atoms with Crippen LogP contribution in [0.2, 0.25) is 0 Å². The number of nitrogens with zero attached hydrogens (tertiary/aromatic N) is 2. The van der Waals surface area contributed by atoms with Crippen LogP contribution in [0.1, 0.15) is 35.9 Å². The SMILES string of the molecule is COC(=O)C1CC(c2csc(C3CCNCC3)n2)=NO1. The second-order valence-corrected chi connectivity index (χ2v) is 5.84. The topological polar surface area (TPSA) is 72.8 Å². The molecule has 0 aromatic carbocycles. The lowest BCUT2D eigenvalue weighted by atomic mass is 9.99. The molecule has 0 radical (unpaired) electrons. The highest BCUT2D eigenvalue weighted by atomic mass is 32.1. The van der Waals surface area contributed by atoms with Crippen LogP contribution in [0.15, 0.2) is 10.5 Å². The third kappa shape index (κ3) is 2.69. The molecule has 1 aromatic rings. The van der Waals surface area contributed by atoms with Crippen LogP contribution >= 0.6 is 11.3 Å². The summed E-state index contributed by atoms with van der Waals surface area (Å²) in [6.07, 6.45) is 2.06. The average Bonchev–Trinajstić information content (AvgIpc) is 3.16. The third-order valence-corrected chi connectivity index (χ3v) is 4.65. The Balaban J connectivity index is 1.67. The number of carbonyl (C=O) groups is 1. The molecule has 0 saturated carbocycles. The number of methoxy groups -OCH3 is 1. The standard InChI is InChI=1S/C13H17N3O3S/c1-18-13(17)11-6-9(16-19-11)10-7-20-12(15-10)8-2-4-14-5-3-8/h7-8,11,14H,2-6H2,1H3. The van der Waals surface area contributed by atoms with Crippen LogP contribution in [0.4, 0.5) is 0 Å². The van der Waals surface area contributed by atoms with Gasteiger partial charge in [-0.05, 0) is 25.9 Å². The Morgan fingerprint density at radius 1 is 1.50 bits per heavy atom. The van der Waals surface area contributed by atoms with E-state index >= 15 is 0 Å². The van der Waals surface area contributed by atoms with E-state index < -0.39 is 12.1 Å². The first kappa shape index (κ1) is 13.5. The molecular weight excluding hydrogens is 278 g/mol. The van der Waals surface area contributed by atoms with Gasteiger partial charge in [0.25, 0.3) is 0 Å². The summed E-state index contributed by atoms with van der Waals surface area (Å²) in [6, 6.07) is 0. The van der Waals surface area contributed by atoms with E-state index in [2.05, 4.69) is 20.2 Å². The second kappa shape index (κ2) is 5.88. The molecule has 3 heterocycles. The van der Waals surface area contributed by atoms with Crippen molar-refractivity contribution in [3.63, 3.8) is 0 Å². The van der Waals surface area contributed by atoms with Crippen LogP contribution in [0.5, 0.6) is 0 Å². The number of rotatable bonds is 3. The van der Waals surface area contributed by atoms with Gasteiger partial charge in [0.1, 0.15) is 5.71 Å². The molecule has 1 saturated heterocycles. The third-order valence-electron chi connectivity index (χ3n) is 3.64. The summed E-state index contributed by atoms with van der Waals surface area (Å²) in [6.45, 7) is 2.10. The minimum absolute atomic E-state index is 0.391. The molecule has 0 aliphatic carbocycles. The number of nitrogens with one attached hydrogen (secondary N) is 1. The predicted molar refractivity (Wildman–Crippen MR) is 75.0 cm³/mol. The summed E-state index contributed by atoms with van der Waals surface area (Å²) < 4.78 is 4.66. The average molecular weight is 295 g/mol. The molecule has 2 aliphatic rings. The fourth-order valence-electron chi connectivity index (χ4n) is 2.46. The lowest BCUT2D eigenvalue weighted by Crippen LogP contribution is -2.26. The van der Waals surface area contributed by atoms with Crippen molar-refractivity contribution < 1.29 is 14.4 Å². The largest absolute Gasteiger partial charge is 0.466 e. The van der Waals surface area contributed by atoms with E-state index in [1.165, 1.54) is 7.11 Å². The zero-order chi connectivity index (χ0) is 13.9. The smallest absolute Gasteiger partial charge is 0.350 e. The molecule has 0 spiro atoms. The lowest BCUT2D eigenvalue weighted by Gasteiger charge is -2.20. The first-order valence-electron chi connectivity index (χ1n) is 6.75. The van der Waals surface area contributed by atoms with Gasteiger partial charge in [-0.25, -0.2) is 9.78 Å². The number of oxime groups is 1. The lowest BCUT2D eigenvalue weighted by molar-refractivity contribution is -0.152.